The van der Waals surface area contributed by atoms with Gasteiger partial charge in [-0.25, -0.2) is 14.6 Å². The van der Waals surface area contributed by atoms with E-state index in [4.69, 9.17) is 25.8 Å². The van der Waals surface area contributed by atoms with Gasteiger partial charge < -0.3 is 24.3 Å². The van der Waals surface area contributed by atoms with Crippen LogP contribution in [0.1, 0.15) is 12.5 Å². The van der Waals surface area contributed by atoms with Crippen LogP contribution in [0, 0.1) is 0 Å². The van der Waals surface area contributed by atoms with Crippen molar-refractivity contribution < 1.29 is 37.3 Å². The molecule has 0 radical (unpaired) electrons. The van der Waals surface area contributed by atoms with Crippen molar-refractivity contribution in [1.82, 2.24) is 10.3 Å². The summed E-state index contributed by atoms with van der Waals surface area (Å²) in [6.45, 7) is 1.59. The molecule has 0 saturated carbocycles. The van der Waals surface area contributed by atoms with E-state index in [0.29, 0.717) is 11.5 Å². The second-order valence-corrected chi connectivity index (χ2v) is 6.28. The molecule has 0 fully saturated rings. The maximum absolute atomic E-state index is 13.0. The van der Waals surface area contributed by atoms with E-state index < -0.39 is 29.1 Å². The van der Waals surface area contributed by atoms with Gasteiger partial charge in [-0.05, 0) is 48.9 Å². The van der Waals surface area contributed by atoms with Gasteiger partial charge in [0.05, 0.1) is 19.2 Å². The van der Waals surface area contributed by atoms with Gasteiger partial charge in [0, 0.05) is 12.3 Å². The molecule has 1 N–H and O–H groups in total. The lowest BCUT2D eigenvalue weighted by molar-refractivity contribution is -0.150. The quantitative estimate of drug-likeness (QED) is 0.356. The van der Waals surface area contributed by atoms with Crippen molar-refractivity contribution in [2.24, 2.45) is 0 Å². The number of pyridine rings is 1. The van der Waals surface area contributed by atoms with Crippen molar-refractivity contribution in [3.8, 4) is 17.4 Å². The van der Waals surface area contributed by atoms with Gasteiger partial charge in [0.2, 0.25) is 5.88 Å². The number of rotatable bonds is 9. The Balaban J connectivity index is 1.82. The van der Waals surface area contributed by atoms with E-state index in [1.807, 2.05) is 0 Å². The number of alkyl halides is 3. The number of alkyl carbamates (subject to hydrolysis) is 1. The highest BCUT2D eigenvalue weighted by Crippen LogP contribution is 2.32. The molecule has 1 heterocycles. The van der Waals surface area contributed by atoms with Crippen molar-refractivity contribution in [3.05, 3.63) is 48.2 Å². The number of ether oxygens (including phenoxy) is 4. The number of aromatic nitrogens is 1. The zero-order valence-electron chi connectivity index (χ0n) is 16.1. The highest BCUT2D eigenvalue weighted by atomic mass is 35.5. The van der Waals surface area contributed by atoms with Crippen molar-refractivity contribution in [2.75, 3.05) is 20.3 Å². The minimum Gasteiger partial charge on any atom is -0.479 e. The number of halogens is 3. The monoisotopic (exact) mass is 444 g/mol. The van der Waals surface area contributed by atoms with E-state index in [2.05, 4.69) is 15.0 Å². The Morgan fingerprint density at radius 2 is 1.83 bits per heavy atom. The Bertz CT molecular complexity index is 844. The standard InChI is InChI=1S/C19H19ClF2N2O6/c1-12(17(25)28-10-9-23-18(26)27-2)29-14-4-6-15(7-5-14)30-16-8-3-13(11-24-16)19(20,21)22/h3-8,11-12H,9-10H2,1-2H3,(H,23,26). The second-order valence-electron chi connectivity index (χ2n) is 5.80. The Morgan fingerprint density at radius 1 is 1.17 bits per heavy atom. The van der Waals surface area contributed by atoms with E-state index in [1.165, 1.54) is 20.1 Å². The molecule has 8 nitrogen and oxygen atoms in total. The molecule has 1 unspecified atom stereocenters. The predicted octanol–water partition coefficient (Wildman–Crippen LogP) is 3.83. The molecule has 0 spiro atoms. The molecule has 1 atom stereocenters. The minimum atomic E-state index is -3.50. The summed E-state index contributed by atoms with van der Waals surface area (Å²) in [5.41, 5.74) is -0.442. The zero-order chi connectivity index (χ0) is 22.1. The van der Waals surface area contributed by atoms with Crippen LogP contribution in [-0.2, 0) is 19.6 Å². The first-order chi connectivity index (χ1) is 14.2. The van der Waals surface area contributed by atoms with E-state index in [0.717, 1.165) is 12.3 Å². The number of carbonyl (C=O) groups excluding carboxylic acids is 2. The number of nitrogens with one attached hydrogen (secondary N) is 1. The summed E-state index contributed by atoms with van der Waals surface area (Å²) in [6, 6.07) is 8.60. The van der Waals surface area contributed by atoms with Gasteiger partial charge in [0.1, 0.15) is 18.1 Å². The first kappa shape index (κ1) is 23.1. The lowest BCUT2D eigenvalue weighted by Crippen LogP contribution is -2.31. The number of nitrogens with zero attached hydrogens (tertiary/aromatic N) is 1. The summed E-state index contributed by atoms with van der Waals surface area (Å²) >= 11 is 4.92. The molecular formula is C19H19ClF2N2O6. The fraction of sp³-hybridized carbons (Fsp3) is 0.316. The van der Waals surface area contributed by atoms with Crippen molar-refractivity contribution in [1.29, 1.82) is 0 Å². The zero-order valence-corrected chi connectivity index (χ0v) is 16.8. The number of hydrogen-bond donors (Lipinski definition) is 1. The van der Waals surface area contributed by atoms with Gasteiger partial charge in [-0.15, -0.1) is 0 Å². The van der Waals surface area contributed by atoms with Gasteiger partial charge >= 0.3 is 17.4 Å². The molecule has 162 valence electrons. The first-order valence-electron chi connectivity index (χ1n) is 8.65. The average molecular weight is 445 g/mol. The highest BCUT2D eigenvalue weighted by molar-refractivity contribution is 6.21. The SMILES string of the molecule is COC(=O)NCCOC(=O)C(C)Oc1ccc(Oc2ccc(C(F)(F)Cl)cn2)cc1. The fourth-order valence-corrected chi connectivity index (χ4v) is 2.17. The van der Waals surface area contributed by atoms with Gasteiger partial charge in [-0.1, -0.05) is 0 Å². The second kappa shape index (κ2) is 10.6. The van der Waals surface area contributed by atoms with Gasteiger partial charge in [0.25, 0.3) is 0 Å². The molecule has 2 rings (SSSR count). The minimum absolute atomic E-state index is 0.0319. The lowest BCUT2D eigenvalue weighted by Gasteiger charge is -2.14. The number of esters is 1. The predicted molar refractivity (Wildman–Crippen MR) is 102 cm³/mol. The van der Waals surface area contributed by atoms with Crippen molar-refractivity contribution >= 4 is 23.7 Å². The molecule has 11 heteroatoms. The van der Waals surface area contributed by atoms with Crippen LogP contribution in [0.5, 0.6) is 17.4 Å². The van der Waals surface area contributed by atoms with E-state index in [-0.39, 0.29) is 19.0 Å². The molecule has 0 saturated heterocycles. The summed E-state index contributed by atoms with van der Waals surface area (Å²) in [5, 5.41) is -1.13. The Morgan fingerprint density at radius 3 is 2.40 bits per heavy atom. The molecule has 30 heavy (non-hydrogen) atoms. The topological polar surface area (TPSA) is 96.0 Å². The van der Waals surface area contributed by atoms with Crippen LogP contribution < -0.4 is 14.8 Å². The maximum atomic E-state index is 13.0. The molecule has 0 bridgehead atoms. The first-order valence-corrected chi connectivity index (χ1v) is 9.03. The van der Waals surface area contributed by atoms with Crippen molar-refractivity contribution in [3.63, 3.8) is 0 Å². The normalized spacial score (nSPS) is 11.9. The largest absolute Gasteiger partial charge is 0.479 e. The Labute approximate surface area is 176 Å². The van der Waals surface area contributed by atoms with Crippen LogP contribution in [0.3, 0.4) is 0 Å². The molecule has 0 aliphatic heterocycles. The summed E-state index contributed by atoms with van der Waals surface area (Å²) in [7, 11) is 1.22. The summed E-state index contributed by atoms with van der Waals surface area (Å²) in [5.74, 6) is 0.252. The van der Waals surface area contributed by atoms with Gasteiger partial charge in [0.15, 0.2) is 6.10 Å². The molecule has 1 aromatic carbocycles. The van der Waals surface area contributed by atoms with Crippen LogP contribution in [0.25, 0.3) is 0 Å². The maximum Gasteiger partial charge on any atom is 0.406 e. The molecule has 0 aliphatic carbocycles. The smallest absolute Gasteiger partial charge is 0.406 e. The van der Waals surface area contributed by atoms with Gasteiger partial charge in [-0.3, -0.25) is 0 Å². The van der Waals surface area contributed by atoms with Crippen LogP contribution in [0.4, 0.5) is 13.6 Å². The lowest BCUT2D eigenvalue weighted by atomic mass is 10.3. The molecular weight excluding hydrogens is 426 g/mol. The Kier molecular flexibility index (Phi) is 8.16. The van der Waals surface area contributed by atoms with E-state index >= 15 is 0 Å². The van der Waals surface area contributed by atoms with E-state index in [9.17, 15) is 18.4 Å². The third-order valence-electron chi connectivity index (χ3n) is 3.56. The molecule has 1 amide bonds. The molecule has 1 aromatic heterocycles. The highest BCUT2D eigenvalue weighted by Gasteiger charge is 2.28. The fourth-order valence-electron chi connectivity index (χ4n) is 2.06. The van der Waals surface area contributed by atoms with E-state index in [1.54, 1.807) is 24.3 Å². The molecule has 0 aliphatic rings. The summed E-state index contributed by atoms with van der Waals surface area (Å²) in [6.07, 6.45) is -0.588. The van der Waals surface area contributed by atoms with Crippen LogP contribution in [-0.4, -0.2) is 43.4 Å². The van der Waals surface area contributed by atoms with Gasteiger partial charge in [-0.2, -0.15) is 8.78 Å². The average Bonchev–Trinajstić information content (AvgIpc) is 2.72. The number of hydrogen-bond acceptors (Lipinski definition) is 7. The summed E-state index contributed by atoms with van der Waals surface area (Å²) < 4.78 is 46.2. The molecule has 2 aromatic rings. The van der Waals surface area contributed by atoms with Crippen LogP contribution >= 0.6 is 11.6 Å². The Hall–Kier alpha value is -3.14. The summed E-state index contributed by atoms with van der Waals surface area (Å²) in [4.78, 5) is 26.5. The number of benzene rings is 1. The number of methoxy groups -OCH3 is 1. The van der Waals surface area contributed by atoms with Crippen molar-refractivity contribution in [2.45, 2.75) is 18.4 Å². The number of carbonyl (C=O) groups is 2. The van der Waals surface area contributed by atoms with Crippen LogP contribution in [0.15, 0.2) is 42.6 Å². The third-order valence-corrected chi connectivity index (χ3v) is 3.77. The van der Waals surface area contributed by atoms with Crippen LogP contribution in [0.2, 0.25) is 0 Å². The third kappa shape index (κ3) is 7.36. The number of amides is 1.